The summed E-state index contributed by atoms with van der Waals surface area (Å²) in [6.45, 7) is -0.829. The number of nitrogens with zero attached hydrogens (tertiary/aromatic N) is 2. The van der Waals surface area contributed by atoms with Crippen LogP contribution in [0.5, 0.6) is 0 Å². The van der Waals surface area contributed by atoms with Gasteiger partial charge in [-0.05, 0) is 6.07 Å². The molecule has 0 aromatic carbocycles. The van der Waals surface area contributed by atoms with E-state index in [0.717, 1.165) is 0 Å². The van der Waals surface area contributed by atoms with Gasteiger partial charge in [0.15, 0.2) is 0 Å². The first-order valence-corrected chi connectivity index (χ1v) is 6.00. The van der Waals surface area contributed by atoms with Crippen LogP contribution in [0.25, 0.3) is 0 Å². The molecule has 0 radical (unpaired) electrons. The number of ether oxygens (including phenoxy) is 1. The van der Waals surface area contributed by atoms with E-state index in [2.05, 4.69) is 9.51 Å². The molecule has 0 aliphatic rings. The van der Waals surface area contributed by atoms with Crippen molar-refractivity contribution in [2.45, 2.75) is 12.6 Å². The number of nitrogen functional groups attached to an aromatic ring is 1. The molecule has 2 unspecified atom stereocenters. The standard InChI is InChI=1S/C8H12N3O6P/c9-7-1-2-11(8(13)10-7)3-6(4-12)16-5-17-18(14)15/h1-2,6,12H,3-5H2,(H2-,9,10,13,14,15)/p+1. The van der Waals surface area contributed by atoms with Gasteiger partial charge in [0.2, 0.25) is 6.79 Å². The Morgan fingerprint density at radius 1 is 1.61 bits per heavy atom. The molecule has 0 amide bonds. The second-order valence-corrected chi connectivity index (χ2v) is 3.98. The molecule has 0 saturated carbocycles. The maximum Gasteiger partial charge on any atom is 0.697 e. The third kappa shape index (κ3) is 4.86. The number of anilines is 1. The van der Waals surface area contributed by atoms with Crippen LogP contribution in [0.4, 0.5) is 5.82 Å². The fourth-order valence-electron chi connectivity index (χ4n) is 1.14. The second-order valence-electron chi connectivity index (χ2n) is 3.24. The number of hydrogen-bond donors (Lipinski definition) is 3. The highest BCUT2D eigenvalue weighted by atomic mass is 31.1. The van der Waals surface area contributed by atoms with E-state index in [1.54, 1.807) is 0 Å². The number of rotatable bonds is 7. The highest BCUT2D eigenvalue weighted by Crippen LogP contribution is 2.14. The van der Waals surface area contributed by atoms with E-state index in [0.29, 0.717) is 0 Å². The van der Waals surface area contributed by atoms with Crippen molar-refractivity contribution in [3.63, 3.8) is 0 Å². The van der Waals surface area contributed by atoms with Crippen molar-refractivity contribution < 1.29 is 23.8 Å². The van der Waals surface area contributed by atoms with Crippen molar-refractivity contribution in [1.29, 1.82) is 0 Å². The summed E-state index contributed by atoms with van der Waals surface area (Å²) in [6.07, 6.45) is 0.646. The molecule has 0 fully saturated rings. The van der Waals surface area contributed by atoms with Gasteiger partial charge in [-0.25, -0.2) is 4.79 Å². The van der Waals surface area contributed by atoms with Crippen LogP contribution in [0.2, 0.25) is 0 Å². The highest BCUT2D eigenvalue weighted by Gasteiger charge is 2.16. The summed E-state index contributed by atoms with van der Waals surface area (Å²) < 4.78 is 20.6. The molecule has 0 bridgehead atoms. The molecule has 1 aromatic heterocycles. The van der Waals surface area contributed by atoms with E-state index in [9.17, 15) is 9.36 Å². The zero-order valence-corrected chi connectivity index (χ0v) is 10.2. The lowest BCUT2D eigenvalue weighted by molar-refractivity contribution is -0.0641. The Morgan fingerprint density at radius 3 is 2.89 bits per heavy atom. The van der Waals surface area contributed by atoms with Crippen LogP contribution in [0.15, 0.2) is 17.1 Å². The predicted molar refractivity (Wildman–Crippen MR) is 60.6 cm³/mol. The van der Waals surface area contributed by atoms with Crippen molar-refractivity contribution in [2.75, 3.05) is 19.1 Å². The third-order valence-electron chi connectivity index (χ3n) is 1.97. The van der Waals surface area contributed by atoms with Crippen molar-refractivity contribution in [2.24, 2.45) is 0 Å². The number of nitrogens with two attached hydrogens (primary N) is 1. The first-order valence-electron chi connectivity index (χ1n) is 4.87. The smallest absolute Gasteiger partial charge is 0.394 e. The molecule has 1 heterocycles. The molecule has 9 nitrogen and oxygen atoms in total. The van der Waals surface area contributed by atoms with Crippen LogP contribution >= 0.6 is 8.25 Å². The molecular formula is C8H13N3O6P+. The van der Waals surface area contributed by atoms with Crippen LogP contribution in [0.3, 0.4) is 0 Å². The minimum Gasteiger partial charge on any atom is -0.394 e. The van der Waals surface area contributed by atoms with Crippen LogP contribution in [0, 0.1) is 0 Å². The molecular weight excluding hydrogens is 265 g/mol. The van der Waals surface area contributed by atoms with Gasteiger partial charge < -0.3 is 15.6 Å². The van der Waals surface area contributed by atoms with Crippen molar-refractivity contribution in [3.05, 3.63) is 22.7 Å². The topological polar surface area (TPSA) is 137 Å². The fraction of sp³-hybridized carbons (Fsp3) is 0.500. The van der Waals surface area contributed by atoms with Crippen LogP contribution in [-0.4, -0.2) is 39.1 Å². The number of aromatic nitrogens is 2. The Bertz CT molecular complexity index is 464. The average Bonchev–Trinajstić information content (AvgIpc) is 2.30. The number of hydrogen-bond acceptors (Lipinski definition) is 7. The monoisotopic (exact) mass is 278 g/mol. The molecule has 1 aromatic rings. The van der Waals surface area contributed by atoms with Gasteiger partial charge in [0.25, 0.3) is 0 Å². The van der Waals surface area contributed by atoms with Gasteiger partial charge in [-0.3, -0.25) is 4.57 Å². The minimum atomic E-state index is -2.76. The normalized spacial score (nSPS) is 13.3. The maximum absolute atomic E-state index is 11.4. The lowest BCUT2D eigenvalue weighted by Crippen LogP contribution is -2.32. The Kier molecular flexibility index (Phi) is 5.83. The van der Waals surface area contributed by atoms with Crippen molar-refractivity contribution in [1.82, 2.24) is 9.55 Å². The summed E-state index contributed by atoms with van der Waals surface area (Å²) in [7, 11) is -2.76. The van der Waals surface area contributed by atoms with Gasteiger partial charge in [-0.15, -0.1) is 4.89 Å². The van der Waals surface area contributed by atoms with Crippen molar-refractivity contribution >= 4 is 14.1 Å². The molecule has 0 saturated heterocycles. The van der Waals surface area contributed by atoms with E-state index in [1.807, 2.05) is 0 Å². The summed E-state index contributed by atoms with van der Waals surface area (Å²) in [4.78, 5) is 23.3. The summed E-state index contributed by atoms with van der Waals surface area (Å²) in [5.74, 6) is 0.0957. The van der Waals surface area contributed by atoms with Gasteiger partial charge in [-0.2, -0.15) is 4.98 Å². The third-order valence-corrected chi connectivity index (χ3v) is 2.29. The molecule has 1 rings (SSSR count). The predicted octanol–water partition coefficient (Wildman–Crippen LogP) is -1.17. The summed E-state index contributed by atoms with van der Waals surface area (Å²) in [6, 6.07) is 1.43. The molecule has 0 aliphatic heterocycles. The Morgan fingerprint density at radius 2 is 2.33 bits per heavy atom. The van der Waals surface area contributed by atoms with Crippen LogP contribution in [-0.2, 0) is 20.4 Å². The Labute approximate surface area is 103 Å². The Hall–Kier alpha value is -1.38. The SMILES string of the molecule is Nc1ccn(CC(CO)OCO[P+](=O)O)c(=O)n1. The minimum absolute atomic E-state index is 0.0220. The molecule has 4 N–H and O–H groups in total. The van der Waals surface area contributed by atoms with Crippen LogP contribution in [0.1, 0.15) is 0 Å². The first-order chi connectivity index (χ1) is 8.52. The number of aliphatic hydroxyl groups excluding tert-OH is 1. The van der Waals surface area contributed by atoms with Crippen LogP contribution < -0.4 is 11.4 Å². The average molecular weight is 278 g/mol. The second kappa shape index (κ2) is 7.14. The van der Waals surface area contributed by atoms with E-state index in [4.69, 9.17) is 20.5 Å². The zero-order valence-electron chi connectivity index (χ0n) is 9.30. The van der Waals surface area contributed by atoms with E-state index in [-0.39, 0.29) is 19.0 Å². The maximum atomic E-state index is 11.4. The summed E-state index contributed by atoms with van der Waals surface area (Å²) in [5.41, 5.74) is 4.74. The zero-order chi connectivity index (χ0) is 13.5. The lowest BCUT2D eigenvalue weighted by atomic mass is 10.3. The quantitative estimate of drug-likeness (QED) is 0.419. The molecule has 2 atom stereocenters. The van der Waals surface area contributed by atoms with Crippen molar-refractivity contribution in [3.8, 4) is 0 Å². The number of aliphatic hydroxyl groups is 1. The van der Waals surface area contributed by atoms with Gasteiger partial charge in [0, 0.05) is 10.8 Å². The molecule has 10 heteroatoms. The summed E-state index contributed by atoms with van der Waals surface area (Å²) >= 11 is 0. The van der Waals surface area contributed by atoms with E-state index in [1.165, 1.54) is 16.8 Å². The molecule has 100 valence electrons. The van der Waals surface area contributed by atoms with E-state index >= 15 is 0 Å². The van der Waals surface area contributed by atoms with Gasteiger partial charge in [0.05, 0.1) is 13.2 Å². The van der Waals surface area contributed by atoms with Gasteiger partial charge in [-0.1, -0.05) is 4.52 Å². The highest BCUT2D eigenvalue weighted by molar-refractivity contribution is 7.32. The summed E-state index contributed by atoms with van der Waals surface area (Å²) in [5, 5.41) is 9.02. The Balaban J connectivity index is 2.57. The lowest BCUT2D eigenvalue weighted by Gasteiger charge is -2.14. The molecule has 0 aliphatic carbocycles. The first kappa shape index (κ1) is 14.7. The fourth-order valence-corrected chi connectivity index (χ4v) is 1.29. The van der Waals surface area contributed by atoms with Gasteiger partial charge >= 0.3 is 13.9 Å². The molecule has 0 spiro atoms. The van der Waals surface area contributed by atoms with E-state index < -0.39 is 26.8 Å². The largest absolute Gasteiger partial charge is 0.697 e. The molecule has 18 heavy (non-hydrogen) atoms. The van der Waals surface area contributed by atoms with Gasteiger partial charge in [0.1, 0.15) is 11.9 Å².